The van der Waals surface area contributed by atoms with Gasteiger partial charge in [0.25, 0.3) is 5.56 Å². The fraction of sp³-hybridized carbons (Fsp3) is 0.318. The number of aliphatic hydroxyl groups excluding tert-OH is 1. The summed E-state index contributed by atoms with van der Waals surface area (Å²) in [6.07, 6.45) is 2.46. The summed E-state index contributed by atoms with van der Waals surface area (Å²) in [5.74, 6) is -1.47. The normalized spacial score (nSPS) is 21.8. The van der Waals surface area contributed by atoms with E-state index in [0.29, 0.717) is 5.56 Å². The molecule has 36 heavy (non-hydrogen) atoms. The van der Waals surface area contributed by atoms with E-state index in [9.17, 15) is 19.3 Å². The maximum absolute atomic E-state index is 13.8. The number of rotatable bonds is 9. The molecule has 3 heterocycles. The van der Waals surface area contributed by atoms with Crippen molar-refractivity contribution in [3.63, 3.8) is 0 Å². The highest BCUT2D eigenvalue weighted by Crippen LogP contribution is 2.59. The van der Waals surface area contributed by atoms with E-state index in [1.165, 1.54) is 36.1 Å². The number of hydrogen-bond acceptors (Lipinski definition) is 9. The van der Waals surface area contributed by atoms with Gasteiger partial charge in [-0.1, -0.05) is 29.4 Å². The molecule has 5 atom stereocenters. The molecule has 0 aliphatic carbocycles. The number of hydrogen-bond donors (Lipinski definition) is 2. The Morgan fingerprint density at radius 1 is 1.33 bits per heavy atom. The molecule has 0 bridgehead atoms. The number of pyridine rings is 1. The molecule has 3 aromatic rings. The van der Waals surface area contributed by atoms with Gasteiger partial charge in [-0.3, -0.25) is 23.9 Å². The van der Waals surface area contributed by atoms with Crippen molar-refractivity contribution in [1.29, 1.82) is 0 Å². The van der Waals surface area contributed by atoms with Crippen molar-refractivity contribution in [1.82, 2.24) is 14.5 Å². The SMILES string of the molecule is Cc1cn([C@H]2C[C@H](N=[N+]=[N-])[C@@H](COP(=O)(Oc3ccccc3)C(O)c3cccnc3)O2)c(=O)[nH]c1=O. The largest absolute Gasteiger partial charge is 0.422 e. The van der Waals surface area contributed by atoms with Gasteiger partial charge in [0.1, 0.15) is 12.0 Å². The Labute approximate surface area is 204 Å². The van der Waals surface area contributed by atoms with Crippen LogP contribution in [0.4, 0.5) is 0 Å². The molecule has 14 heteroatoms. The molecule has 0 radical (unpaired) electrons. The lowest BCUT2D eigenvalue weighted by atomic mass is 10.1. The van der Waals surface area contributed by atoms with Crippen LogP contribution in [0.1, 0.15) is 29.6 Å². The van der Waals surface area contributed by atoms with Crippen LogP contribution in [-0.2, 0) is 13.8 Å². The third-order valence-corrected chi connectivity index (χ3v) is 7.41. The van der Waals surface area contributed by atoms with E-state index in [2.05, 4.69) is 20.0 Å². The standard InChI is InChI=1S/C22H23N6O7P/c1-14-12-28(22(31)25-20(14)29)19-10-17(26-27-23)18(34-19)13-33-36(32,35-16-7-3-2-4-8-16)21(30)15-6-5-9-24-11-15/h2-9,11-12,17-19,21,30H,10,13H2,1H3,(H,25,29,31)/t17-,18+,19+,21?,36?/m0/s1. The van der Waals surface area contributed by atoms with Crippen molar-refractivity contribution >= 4 is 7.60 Å². The molecule has 13 nitrogen and oxygen atoms in total. The molecule has 1 aliphatic rings. The van der Waals surface area contributed by atoms with Crippen LogP contribution in [0.15, 0.2) is 75.8 Å². The number of nitrogens with zero attached hydrogens (tertiary/aromatic N) is 5. The smallest absolute Gasteiger partial charge is 0.412 e. The highest BCUT2D eigenvalue weighted by molar-refractivity contribution is 7.54. The van der Waals surface area contributed by atoms with E-state index < -0.39 is 49.7 Å². The molecule has 0 spiro atoms. The number of para-hydroxylation sites is 1. The summed E-state index contributed by atoms with van der Waals surface area (Å²) in [7, 11) is -4.28. The number of benzene rings is 1. The highest BCUT2D eigenvalue weighted by Gasteiger charge is 2.42. The van der Waals surface area contributed by atoms with E-state index in [-0.39, 0.29) is 17.7 Å². The number of aliphatic hydroxyl groups is 1. The first kappa shape index (κ1) is 25.4. The van der Waals surface area contributed by atoms with Gasteiger partial charge in [0, 0.05) is 41.0 Å². The van der Waals surface area contributed by atoms with E-state index >= 15 is 0 Å². The molecule has 1 aromatic carbocycles. The predicted octanol–water partition coefficient (Wildman–Crippen LogP) is 3.19. The first-order chi connectivity index (χ1) is 17.3. The van der Waals surface area contributed by atoms with Crippen molar-refractivity contribution in [2.24, 2.45) is 5.11 Å². The summed E-state index contributed by atoms with van der Waals surface area (Å²) in [6.45, 7) is 1.14. The van der Waals surface area contributed by atoms with E-state index in [4.69, 9.17) is 19.3 Å². The zero-order valence-electron chi connectivity index (χ0n) is 19.1. The van der Waals surface area contributed by atoms with Gasteiger partial charge in [-0.2, -0.15) is 0 Å². The van der Waals surface area contributed by atoms with Crippen LogP contribution in [-0.4, -0.2) is 38.4 Å². The van der Waals surface area contributed by atoms with Gasteiger partial charge in [-0.05, 0) is 30.7 Å². The minimum atomic E-state index is -4.28. The highest BCUT2D eigenvalue weighted by atomic mass is 31.2. The van der Waals surface area contributed by atoms with Crippen molar-refractivity contribution in [2.45, 2.75) is 37.6 Å². The Hall–Kier alpha value is -3.73. The van der Waals surface area contributed by atoms with Crippen molar-refractivity contribution < 1.29 is 23.5 Å². The monoisotopic (exact) mass is 514 g/mol. The van der Waals surface area contributed by atoms with Crippen LogP contribution in [0.2, 0.25) is 0 Å². The van der Waals surface area contributed by atoms with Crippen molar-refractivity contribution in [3.8, 4) is 5.75 Å². The van der Waals surface area contributed by atoms with Crippen LogP contribution in [0.5, 0.6) is 5.75 Å². The molecule has 0 amide bonds. The minimum Gasteiger partial charge on any atom is -0.422 e. The fourth-order valence-corrected chi connectivity index (χ4v) is 5.27. The quantitative estimate of drug-likeness (QED) is 0.189. The fourth-order valence-electron chi connectivity index (χ4n) is 3.69. The average molecular weight is 514 g/mol. The van der Waals surface area contributed by atoms with Gasteiger partial charge in [-0.25, -0.2) is 9.36 Å². The maximum atomic E-state index is 13.8. The lowest BCUT2D eigenvalue weighted by Gasteiger charge is -2.26. The van der Waals surface area contributed by atoms with Gasteiger partial charge in [0.2, 0.25) is 0 Å². The van der Waals surface area contributed by atoms with Crippen LogP contribution in [0.25, 0.3) is 10.4 Å². The third kappa shape index (κ3) is 5.56. The van der Waals surface area contributed by atoms with Gasteiger partial charge in [-0.15, -0.1) is 0 Å². The van der Waals surface area contributed by atoms with Gasteiger partial charge in [0.05, 0.1) is 18.8 Å². The second kappa shape index (κ2) is 10.9. The predicted molar refractivity (Wildman–Crippen MR) is 127 cm³/mol. The lowest BCUT2D eigenvalue weighted by Crippen LogP contribution is -2.33. The van der Waals surface area contributed by atoms with E-state index in [0.717, 1.165) is 0 Å². The molecule has 2 N–H and O–H groups in total. The first-order valence-corrected chi connectivity index (χ1v) is 12.5. The summed E-state index contributed by atoms with van der Waals surface area (Å²) >= 11 is 0. The first-order valence-electron chi connectivity index (χ1n) is 10.9. The number of azide groups is 1. The number of aromatic amines is 1. The molecule has 188 valence electrons. The molecule has 2 unspecified atom stereocenters. The molecule has 1 fully saturated rings. The van der Waals surface area contributed by atoms with Crippen molar-refractivity contribution in [2.75, 3.05) is 6.61 Å². The van der Waals surface area contributed by atoms with Gasteiger partial charge >= 0.3 is 13.3 Å². The van der Waals surface area contributed by atoms with Crippen LogP contribution >= 0.6 is 7.60 Å². The van der Waals surface area contributed by atoms with Gasteiger partial charge < -0.3 is 14.4 Å². The number of aryl methyl sites for hydroxylation is 1. The summed E-state index contributed by atoms with van der Waals surface area (Å²) in [5, 5.41) is 14.6. The summed E-state index contributed by atoms with van der Waals surface area (Å²) < 4.78 is 32.2. The second-order valence-corrected chi connectivity index (χ2v) is 10.0. The van der Waals surface area contributed by atoms with Crippen LogP contribution < -0.4 is 15.8 Å². The van der Waals surface area contributed by atoms with Gasteiger partial charge in [0.15, 0.2) is 5.85 Å². The Morgan fingerprint density at radius 2 is 2.11 bits per heavy atom. The minimum absolute atomic E-state index is 0.0957. The lowest BCUT2D eigenvalue weighted by molar-refractivity contribution is -0.0252. The molecule has 2 aromatic heterocycles. The molecule has 1 aliphatic heterocycles. The van der Waals surface area contributed by atoms with Crippen LogP contribution in [0.3, 0.4) is 0 Å². The third-order valence-electron chi connectivity index (χ3n) is 5.54. The Balaban J connectivity index is 1.59. The zero-order valence-corrected chi connectivity index (χ0v) is 20.0. The molecule has 4 rings (SSSR count). The van der Waals surface area contributed by atoms with E-state index in [1.807, 2.05) is 0 Å². The topological polar surface area (TPSA) is 182 Å². The second-order valence-electron chi connectivity index (χ2n) is 8.02. The average Bonchev–Trinajstić information content (AvgIpc) is 3.28. The Morgan fingerprint density at radius 3 is 2.81 bits per heavy atom. The van der Waals surface area contributed by atoms with Crippen LogP contribution in [0, 0.1) is 6.92 Å². The number of aromatic nitrogens is 3. The maximum Gasteiger partial charge on any atom is 0.412 e. The number of H-pyrrole nitrogens is 1. The summed E-state index contributed by atoms with van der Waals surface area (Å²) in [5.41, 5.74) is 8.30. The Bertz CT molecular complexity index is 1410. The molecular formula is C22H23N6O7P. The number of nitrogens with one attached hydrogen (secondary N) is 1. The molecule has 0 saturated carbocycles. The number of ether oxygens (including phenoxy) is 1. The Kier molecular flexibility index (Phi) is 7.68. The zero-order chi connectivity index (χ0) is 25.7. The summed E-state index contributed by atoms with van der Waals surface area (Å²) in [4.78, 5) is 33.0. The molecular weight excluding hydrogens is 491 g/mol. The van der Waals surface area contributed by atoms with E-state index in [1.54, 1.807) is 36.4 Å². The summed E-state index contributed by atoms with van der Waals surface area (Å²) in [6, 6.07) is 10.5. The molecule has 1 saturated heterocycles. The van der Waals surface area contributed by atoms with Crippen molar-refractivity contribution in [3.05, 3.63) is 103 Å².